The molecular weight excluding hydrogens is 228 g/mol. The van der Waals surface area contributed by atoms with Crippen molar-refractivity contribution in [3.05, 3.63) is 12.3 Å². The zero-order valence-corrected chi connectivity index (χ0v) is 10.0. The lowest BCUT2D eigenvalue weighted by Gasteiger charge is -2.26. The van der Waals surface area contributed by atoms with Crippen LogP contribution in [0.3, 0.4) is 0 Å². The number of aromatic nitrogens is 2. The Hall–Kier alpha value is -1.07. The Kier molecular flexibility index (Phi) is 4.76. The Morgan fingerprint density at radius 3 is 3.06 bits per heavy atom. The van der Waals surface area contributed by atoms with Crippen molar-refractivity contribution < 1.29 is 4.79 Å². The van der Waals surface area contributed by atoms with E-state index in [1.54, 1.807) is 12.3 Å². The third kappa shape index (κ3) is 3.21. The zero-order valence-electron chi connectivity index (χ0n) is 9.19. The molecule has 5 nitrogen and oxygen atoms in total. The van der Waals surface area contributed by atoms with Gasteiger partial charge < -0.3 is 10.6 Å². The lowest BCUT2D eigenvalue weighted by molar-refractivity contribution is -0.120. The average Bonchev–Trinajstić information content (AvgIpc) is 2.70. The molecular formula is C10H17ClN4O. The van der Waals surface area contributed by atoms with E-state index >= 15 is 0 Å². The number of amides is 1. The molecule has 6 heteroatoms. The van der Waals surface area contributed by atoms with E-state index in [9.17, 15) is 4.79 Å². The number of piperidine rings is 1. The molecule has 1 fully saturated rings. The molecule has 2 rings (SSSR count). The second-order valence-corrected chi connectivity index (χ2v) is 4.04. The fraction of sp³-hybridized carbons (Fsp3) is 0.600. The summed E-state index contributed by atoms with van der Waals surface area (Å²) in [5, 5.41) is 12.7. The molecule has 3 N–H and O–H groups in total. The number of carbonyl (C=O) groups excluding carboxylic acids is 1. The van der Waals surface area contributed by atoms with Crippen molar-refractivity contribution in [3.63, 3.8) is 0 Å². The second kappa shape index (κ2) is 5.86. The van der Waals surface area contributed by atoms with Crippen LogP contribution >= 0.6 is 12.4 Å². The Morgan fingerprint density at radius 1 is 1.62 bits per heavy atom. The largest absolute Gasteiger partial charge is 0.314 e. The van der Waals surface area contributed by atoms with Gasteiger partial charge >= 0.3 is 0 Å². The van der Waals surface area contributed by atoms with Crippen molar-refractivity contribution in [2.24, 2.45) is 5.92 Å². The van der Waals surface area contributed by atoms with E-state index in [1.165, 1.54) is 0 Å². The highest BCUT2D eigenvalue weighted by Crippen LogP contribution is 2.17. The summed E-state index contributed by atoms with van der Waals surface area (Å²) >= 11 is 0. The van der Waals surface area contributed by atoms with E-state index < -0.39 is 0 Å². The van der Waals surface area contributed by atoms with E-state index in [4.69, 9.17) is 0 Å². The SMILES string of the molecule is C[C@H]1C[C@@H](C(=O)Nc2ccn[nH]2)CCN1.Cl. The number of nitrogens with zero attached hydrogens (tertiary/aromatic N) is 1. The van der Waals surface area contributed by atoms with Gasteiger partial charge in [-0.1, -0.05) is 0 Å². The third-order valence-corrected chi connectivity index (χ3v) is 2.75. The fourth-order valence-electron chi connectivity index (χ4n) is 1.93. The highest BCUT2D eigenvalue weighted by atomic mass is 35.5. The number of halogens is 1. The van der Waals surface area contributed by atoms with Gasteiger partial charge in [-0.2, -0.15) is 5.10 Å². The van der Waals surface area contributed by atoms with Gasteiger partial charge in [0.15, 0.2) is 0 Å². The van der Waals surface area contributed by atoms with Gasteiger partial charge in [0, 0.05) is 18.0 Å². The number of anilines is 1. The van der Waals surface area contributed by atoms with Crippen molar-refractivity contribution in [1.82, 2.24) is 15.5 Å². The molecule has 1 aromatic heterocycles. The van der Waals surface area contributed by atoms with Crippen LogP contribution in [0.4, 0.5) is 5.82 Å². The standard InChI is InChI=1S/C10H16N4O.ClH/c1-7-6-8(2-4-11-7)10(15)13-9-3-5-12-14-9;/h3,5,7-8,11H,2,4,6H2,1H3,(H2,12,13,14,15);1H/t7-,8-;/m0./s1. The van der Waals surface area contributed by atoms with Crippen LogP contribution in [0, 0.1) is 5.92 Å². The molecule has 1 amide bonds. The van der Waals surface area contributed by atoms with Crippen LogP contribution in [0.2, 0.25) is 0 Å². The van der Waals surface area contributed by atoms with Crippen molar-refractivity contribution in [2.75, 3.05) is 11.9 Å². The van der Waals surface area contributed by atoms with Gasteiger partial charge in [0.25, 0.3) is 0 Å². The molecule has 0 unspecified atom stereocenters. The first kappa shape index (κ1) is 13.0. The molecule has 0 radical (unpaired) electrons. The van der Waals surface area contributed by atoms with Gasteiger partial charge in [0.2, 0.25) is 5.91 Å². The van der Waals surface area contributed by atoms with Crippen LogP contribution in [0.15, 0.2) is 12.3 Å². The van der Waals surface area contributed by atoms with Crippen LogP contribution in [0.1, 0.15) is 19.8 Å². The van der Waals surface area contributed by atoms with Gasteiger partial charge in [-0.05, 0) is 26.3 Å². The van der Waals surface area contributed by atoms with Crippen LogP contribution in [0.5, 0.6) is 0 Å². The number of H-pyrrole nitrogens is 1. The Labute approximate surface area is 101 Å². The molecule has 2 heterocycles. The maximum atomic E-state index is 11.8. The van der Waals surface area contributed by atoms with Crippen molar-refractivity contribution in [3.8, 4) is 0 Å². The van der Waals surface area contributed by atoms with Crippen LogP contribution in [-0.4, -0.2) is 28.7 Å². The molecule has 0 aliphatic carbocycles. The topological polar surface area (TPSA) is 69.8 Å². The second-order valence-electron chi connectivity index (χ2n) is 4.04. The molecule has 1 saturated heterocycles. The number of carbonyl (C=O) groups is 1. The van der Waals surface area contributed by atoms with Gasteiger partial charge in [0.05, 0.1) is 6.20 Å². The summed E-state index contributed by atoms with van der Waals surface area (Å²) in [5.41, 5.74) is 0. The normalized spacial score (nSPS) is 24.6. The fourth-order valence-corrected chi connectivity index (χ4v) is 1.93. The van der Waals surface area contributed by atoms with Crippen molar-refractivity contribution in [1.29, 1.82) is 0 Å². The maximum absolute atomic E-state index is 11.8. The maximum Gasteiger partial charge on any atom is 0.228 e. The summed E-state index contributed by atoms with van der Waals surface area (Å²) in [4.78, 5) is 11.8. The lowest BCUT2D eigenvalue weighted by Crippen LogP contribution is -2.40. The van der Waals surface area contributed by atoms with E-state index in [1.807, 2.05) is 0 Å². The minimum absolute atomic E-state index is 0. The summed E-state index contributed by atoms with van der Waals surface area (Å²) in [6.07, 6.45) is 3.44. The highest BCUT2D eigenvalue weighted by molar-refractivity contribution is 5.91. The first-order valence-electron chi connectivity index (χ1n) is 5.29. The number of hydrogen-bond acceptors (Lipinski definition) is 3. The van der Waals surface area contributed by atoms with Crippen LogP contribution in [0.25, 0.3) is 0 Å². The molecule has 1 aromatic rings. The summed E-state index contributed by atoms with van der Waals surface area (Å²) in [7, 11) is 0. The number of hydrogen-bond donors (Lipinski definition) is 3. The quantitative estimate of drug-likeness (QED) is 0.731. The van der Waals surface area contributed by atoms with E-state index in [-0.39, 0.29) is 24.2 Å². The minimum Gasteiger partial charge on any atom is -0.314 e. The first-order chi connectivity index (χ1) is 7.25. The van der Waals surface area contributed by atoms with Gasteiger partial charge in [0.1, 0.15) is 5.82 Å². The predicted octanol–water partition coefficient (Wildman–Crippen LogP) is 1.16. The molecule has 0 bridgehead atoms. The molecule has 1 aliphatic heterocycles. The Balaban J connectivity index is 0.00000128. The molecule has 16 heavy (non-hydrogen) atoms. The Bertz CT molecular complexity index is 328. The lowest BCUT2D eigenvalue weighted by atomic mass is 9.92. The number of nitrogens with one attached hydrogen (secondary N) is 3. The molecule has 0 spiro atoms. The number of rotatable bonds is 2. The van der Waals surface area contributed by atoms with Crippen LogP contribution in [-0.2, 0) is 4.79 Å². The van der Waals surface area contributed by atoms with Gasteiger partial charge in [-0.25, -0.2) is 0 Å². The molecule has 2 atom stereocenters. The van der Waals surface area contributed by atoms with Gasteiger partial charge in [-0.3, -0.25) is 9.89 Å². The van der Waals surface area contributed by atoms with Crippen molar-refractivity contribution >= 4 is 24.1 Å². The van der Waals surface area contributed by atoms with Gasteiger partial charge in [-0.15, -0.1) is 12.4 Å². The summed E-state index contributed by atoms with van der Waals surface area (Å²) < 4.78 is 0. The van der Waals surface area contributed by atoms with E-state index in [2.05, 4.69) is 27.8 Å². The Morgan fingerprint density at radius 2 is 2.44 bits per heavy atom. The van der Waals surface area contributed by atoms with E-state index in [0.29, 0.717) is 11.9 Å². The van der Waals surface area contributed by atoms with Crippen molar-refractivity contribution in [2.45, 2.75) is 25.8 Å². The average molecular weight is 245 g/mol. The third-order valence-electron chi connectivity index (χ3n) is 2.75. The van der Waals surface area contributed by atoms with E-state index in [0.717, 1.165) is 19.4 Å². The monoisotopic (exact) mass is 244 g/mol. The minimum atomic E-state index is 0. The first-order valence-corrected chi connectivity index (χ1v) is 5.29. The summed E-state index contributed by atoms with van der Waals surface area (Å²) in [6, 6.07) is 2.18. The summed E-state index contributed by atoms with van der Waals surface area (Å²) in [6.45, 7) is 3.03. The highest BCUT2D eigenvalue weighted by Gasteiger charge is 2.24. The number of aromatic amines is 1. The molecule has 1 aliphatic rings. The molecule has 90 valence electrons. The molecule has 0 aromatic carbocycles. The predicted molar refractivity (Wildman–Crippen MR) is 64.7 cm³/mol. The van der Waals surface area contributed by atoms with Crippen LogP contribution < -0.4 is 10.6 Å². The summed E-state index contributed by atoms with van der Waals surface area (Å²) in [5.74, 6) is 0.878. The zero-order chi connectivity index (χ0) is 10.7. The molecule has 0 saturated carbocycles. The smallest absolute Gasteiger partial charge is 0.228 e.